The minimum atomic E-state index is 0.498. The van der Waals surface area contributed by atoms with Crippen molar-refractivity contribution < 1.29 is 14.2 Å². The van der Waals surface area contributed by atoms with Crippen molar-refractivity contribution in [3.05, 3.63) is 33.8 Å². The van der Waals surface area contributed by atoms with E-state index in [-0.39, 0.29) is 0 Å². The molecule has 7 nitrogen and oxygen atoms in total. The standard InChI is InChI=1S/C20H30N4O3S/c1-6-21-20(22-9-7-8-18-24-14(2)13-28-18)23-12-15-10-16(25-3)19(27-5)17(11-15)26-4/h10-11,13H,6-9,12H2,1-5H3,(H2,21,22,23). The molecular formula is C20H30N4O3S. The van der Waals surface area contributed by atoms with Crippen molar-refractivity contribution in [1.82, 2.24) is 15.6 Å². The second-order valence-electron chi connectivity index (χ2n) is 6.14. The number of thiazole rings is 1. The zero-order valence-electron chi connectivity index (χ0n) is 17.3. The summed E-state index contributed by atoms with van der Waals surface area (Å²) in [6.45, 7) is 6.20. The fourth-order valence-electron chi connectivity index (χ4n) is 2.70. The molecular weight excluding hydrogens is 376 g/mol. The van der Waals surface area contributed by atoms with E-state index in [1.807, 2.05) is 19.1 Å². The smallest absolute Gasteiger partial charge is 0.203 e. The van der Waals surface area contributed by atoms with Gasteiger partial charge in [-0.05, 0) is 38.0 Å². The Morgan fingerprint density at radius 2 is 1.82 bits per heavy atom. The molecule has 0 amide bonds. The molecule has 0 atom stereocenters. The van der Waals surface area contributed by atoms with E-state index in [0.29, 0.717) is 23.8 Å². The summed E-state index contributed by atoms with van der Waals surface area (Å²) in [7, 11) is 4.82. The molecule has 8 heteroatoms. The Hall–Kier alpha value is -2.48. The highest BCUT2D eigenvalue weighted by molar-refractivity contribution is 7.09. The zero-order chi connectivity index (χ0) is 20.4. The maximum atomic E-state index is 5.41. The predicted octanol–water partition coefficient (Wildman–Crippen LogP) is 3.17. The number of hydrogen-bond acceptors (Lipinski definition) is 6. The van der Waals surface area contributed by atoms with E-state index >= 15 is 0 Å². The fraction of sp³-hybridized carbons (Fsp3) is 0.500. The third-order valence-electron chi connectivity index (χ3n) is 4.01. The maximum absolute atomic E-state index is 5.41. The average Bonchev–Trinajstić information content (AvgIpc) is 3.13. The molecule has 0 aliphatic heterocycles. The van der Waals surface area contributed by atoms with E-state index in [1.54, 1.807) is 32.7 Å². The number of rotatable bonds is 10. The Balaban J connectivity index is 1.97. The van der Waals surface area contributed by atoms with Crippen molar-refractivity contribution in [3.63, 3.8) is 0 Å². The Labute approximate surface area is 171 Å². The molecule has 0 spiro atoms. The predicted molar refractivity (Wildman–Crippen MR) is 114 cm³/mol. The Morgan fingerprint density at radius 3 is 2.36 bits per heavy atom. The van der Waals surface area contributed by atoms with E-state index in [2.05, 4.69) is 32.9 Å². The van der Waals surface area contributed by atoms with Crippen LogP contribution in [0.1, 0.15) is 29.6 Å². The highest BCUT2D eigenvalue weighted by Gasteiger charge is 2.13. The number of benzene rings is 1. The molecule has 0 radical (unpaired) electrons. The molecule has 154 valence electrons. The Kier molecular flexibility index (Phi) is 8.87. The maximum Gasteiger partial charge on any atom is 0.203 e. The minimum Gasteiger partial charge on any atom is -0.493 e. The molecule has 28 heavy (non-hydrogen) atoms. The summed E-state index contributed by atoms with van der Waals surface area (Å²) in [6.07, 6.45) is 1.97. The van der Waals surface area contributed by atoms with Gasteiger partial charge in [0.05, 0.1) is 32.9 Å². The van der Waals surface area contributed by atoms with Crippen molar-refractivity contribution in [2.24, 2.45) is 4.99 Å². The molecule has 0 saturated heterocycles. The number of ether oxygens (including phenoxy) is 3. The van der Waals surface area contributed by atoms with Gasteiger partial charge in [0.25, 0.3) is 0 Å². The lowest BCUT2D eigenvalue weighted by Gasteiger charge is -2.14. The van der Waals surface area contributed by atoms with Crippen molar-refractivity contribution in [2.75, 3.05) is 34.4 Å². The number of nitrogens with one attached hydrogen (secondary N) is 2. The van der Waals surface area contributed by atoms with Gasteiger partial charge in [-0.15, -0.1) is 11.3 Å². The quantitative estimate of drug-likeness (QED) is 0.359. The number of aromatic nitrogens is 1. The lowest BCUT2D eigenvalue weighted by molar-refractivity contribution is 0.324. The number of methoxy groups -OCH3 is 3. The molecule has 2 rings (SSSR count). The van der Waals surface area contributed by atoms with Crippen LogP contribution in [-0.2, 0) is 13.0 Å². The SMILES string of the molecule is CCNC(=NCc1cc(OC)c(OC)c(OC)c1)NCCCc1nc(C)cs1. The van der Waals surface area contributed by atoms with Crippen LogP contribution < -0.4 is 24.8 Å². The summed E-state index contributed by atoms with van der Waals surface area (Å²) in [4.78, 5) is 9.17. The third-order valence-corrected chi connectivity index (χ3v) is 5.04. The van der Waals surface area contributed by atoms with Crippen LogP contribution in [0.15, 0.2) is 22.5 Å². The van der Waals surface area contributed by atoms with Gasteiger partial charge >= 0.3 is 0 Å². The average molecular weight is 407 g/mol. The molecule has 0 fully saturated rings. The van der Waals surface area contributed by atoms with Crippen LogP contribution in [0.25, 0.3) is 0 Å². The van der Waals surface area contributed by atoms with E-state index in [4.69, 9.17) is 14.2 Å². The van der Waals surface area contributed by atoms with Gasteiger partial charge in [0.2, 0.25) is 5.75 Å². The second-order valence-corrected chi connectivity index (χ2v) is 7.08. The van der Waals surface area contributed by atoms with Crippen LogP contribution >= 0.6 is 11.3 Å². The first-order valence-electron chi connectivity index (χ1n) is 9.33. The van der Waals surface area contributed by atoms with Crippen molar-refractivity contribution in [1.29, 1.82) is 0 Å². The topological polar surface area (TPSA) is 77.0 Å². The van der Waals surface area contributed by atoms with Crippen LogP contribution in [0.3, 0.4) is 0 Å². The molecule has 1 aromatic carbocycles. The summed E-state index contributed by atoms with van der Waals surface area (Å²) in [5.74, 6) is 2.62. The number of aliphatic imine (C=N–C) groups is 1. The first-order chi connectivity index (χ1) is 13.6. The molecule has 1 aromatic heterocycles. The third kappa shape index (κ3) is 6.30. The van der Waals surface area contributed by atoms with Gasteiger partial charge in [0.15, 0.2) is 17.5 Å². The van der Waals surface area contributed by atoms with E-state index in [9.17, 15) is 0 Å². The second kappa shape index (κ2) is 11.4. The summed E-state index contributed by atoms with van der Waals surface area (Å²) in [6, 6.07) is 3.83. The van der Waals surface area contributed by atoms with Crippen molar-refractivity contribution in [3.8, 4) is 17.2 Å². The normalized spacial score (nSPS) is 11.2. The lowest BCUT2D eigenvalue weighted by atomic mass is 10.2. The van der Waals surface area contributed by atoms with Gasteiger partial charge in [0.1, 0.15) is 0 Å². The van der Waals surface area contributed by atoms with Gasteiger partial charge in [-0.1, -0.05) is 0 Å². The Bertz CT molecular complexity index is 752. The van der Waals surface area contributed by atoms with Crippen LogP contribution in [0.2, 0.25) is 0 Å². The van der Waals surface area contributed by atoms with Gasteiger partial charge in [-0.3, -0.25) is 0 Å². The van der Waals surface area contributed by atoms with Gasteiger partial charge in [0, 0.05) is 30.6 Å². The van der Waals surface area contributed by atoms with Crippen molar-refractivity contribution in [2.45, 2.75) is 33.2 Å². The fourth-order valence-corrected chi connectivity index (χ4v) is 3.52. The monoisotopic (exact) mass is 406 g/mol. The molecule has 0 aliphatic rings. The van der Waals surface area contributed by atoms with Gasteiger partial charge < -0.3 is 24.8 Å². The summed E-state index contributed by atoms with van der Waals surface area (Å²) in [5, 5.41) is 9.92. The van der Waals surface area contributed by atoms with Crippen molar-refractivity contribution >= 4 is 17.3 Å². The molecule has 0 unspecified atom stereocenters. The molecule has 0 aliphatic carbocycles. The molecule has 1 heterocycles. The molecule has 0 bridgehead atoms. The number of hydrogen-bond donors (Lipinski definition) is 2. The largest absolute Gasteiger partial charge is 0.493 e. The number of aryl methyl sites for hydroxylation is 2. The molecule has 2 N–H and O–H groups in total. The van der Waals surface area contributed by atoms with Gasteiger partial charge in [-0.25, -0.2) is 9.98 Å². The first-order valence-corrected chi connectivity index (χ1v) is 10.2. The summed E-state index contributed by atoms with van der Waals surface area (Å²) in [5.41, 5.74) is 2.07. The molecule has 0 saturated carbocycles. The zero-order valence-corrected chi connectivity index (χ0v) is 18.1. The summed E-state index contributed by atoms with van der Waals surface area (Å²) >= 11 is 1.72. The molecule has 2 aromatic rings. The van der Waals surface area contributed by atoms with Crippen LogP contribution in [0.5, 0.6) is 17.2 Å². The minimum absolute atomic E-state index is 0.498. The van der Waals surface area contributed by atoms with E-state index < -0.39 is 0 Å². The van der Waals surface area contributed by atoms with Crippen LogP contribution in [-0.4, -0.2) is 45.4 Å². The Morgan fingerprint density at radius 1 is 1.11 bits per heavy atom. The first kappa shape index (κ1) is 21.8. The lowest BCUT2D eigenvalue weighted by Crippen LogP contribution is -2.37. The van der Waals surface area contributed by atoms with Crippen LogP contribution in [0.4, 0.5) is 0 Å². The highest BCUT2D eigenvalue weighted by Crippen LogP contribution is 2.38. The summed E-state index contributed by atoms with van der Waals surface area (Å²) < 4.78 is 16.2. The number of nitrogens with zero attached hydrogens (tertiary/aromatic N) is 2. The van der Waals surface area contributed by atoms with E-state index in [1.165, 1.54) is 5.01 Å². The highest BCUT2D eigenvalue weighted by atomic mass is 32.1. The number of guanidine groups is 1. The van der Waals surface area contributed by atoms with Gasteiger partial charge in [-0.2, -0.15) is 0 Å². The van der Waals surface area contributed by atoms with Crippen LogP contribution in [0, 0.1) is 6.92 Å². The van der Waals surface area contributed by atoms with E-state index in [0.717, 1.165) is 43.1 Å².